The van der Waals surface area contributed by atoms with Crippen molar-refractivity contribution in [3.8, 4) is 22.6 Å². The topological polar surface area (TPSA) is 38.7 Å². The zero-order chi connectivity index (χ0) is 19.9. The van der Waals surface area contributed by atoms with E-state index in [4.69, 9.17) is 9.47 Å². The molecular weight excluding hydrogens is 348 g/mol. The number of benzene rings is 3. The van der Waals surface area contributed by atoms with Gasteiger partial charge in [-0.15, -0.1) is 0 Å². The largest absolute Gasteiger partial charge is 0.493 e. The van der Waals surface area contributed by atoms with Crippen molar-refractivity contribution in [2.24, 2.45) is 0 Å². The molecule has 0 aliphatic carbocycles. The Hall–Kier alpha value is -2.78. The van der Waals surface area contributed by atoms with Gasteiger partial charge in [0.15, 0.2) is 0 Å². The second kappa shape index (κ2) is 9.43. The van der Waals surface area contributed by atoms with E-state index in [9.17, 15) is 5.11 Å². The summed E-state index contributed by atoms with van der Waals surface area (Å²) in [6.07, 6.45) is 0.283. The maximum Gasteiger partial charge on any atom is 0.119 e. The number of para-hydroxylation sites is 1. The molecule has 0 bridgehead atoms. The third-order valence-electron chi connectivity index (χ3n) is 4.67. The maximum absolute atomic E-state index is 9.38. The maximum atomic E-state index is 9.38. The van der Waals surface area contributed by atoms with Gasteiger partial charge in [-0.25, -0.2) is 0 Å². The quantitative estimate of drug-likeness (QED) is 0.548. The fourth-order valence-corrected chi connectivity index (χ4v) is 3.31. The third kappa shape index (κ3) is 5.37. The van der Waals surface area contributed by atoms with Gasteiger partial charge in [0.25, 0.3) is 0 Å². The highest BCUT2D eigenvalue weighted by atomic mass is 16.5. The Balaban J connectivity index is 1.75. The number of aliphatic hydroxyl groups excluding tert-OH is 1. The summed E-state index contributed by atoms with van der Waals surface area (Å²) in [5, 5.41) is 9.38. The Morgan fingerprint density at radius 1 is 0.821 bits per heavy atom. The molecule has 3 aromatic rings. The minimum atomic E-state index is -0.345. The molecule has 3 rings (SSSR count). The highest BCUT2D eigenvalue weighted by molar-refractivity contribution is 5.72. The number of hydrogen-bond donors (Lipinski definition) is 1. The molecule has 3 aromatic carbocycles. The lowest BCUT2D eigenvalue weighted by molar-refractivity contribution is 0.155. The Kier molecular flexibility index (Phi) is 6.72. The van der Waals surface area contributed by atoms with Crippen LogP contribution in [0, 0.1) is 13.8 Å². The normalized spacial score (nSPS) is 11.9. The van der Waals surface area contributed by atoms with E-state index in [0.717, 1.165) is 17.1 Å². The molecule has 0 aliphatic heterocycles. The smallest absolute Gasteiger partial charge is 0.119 e. The van der Waals surface area contributed by atoms with E-state index in [0.29, 0.717) is 19.6 Å². The fourth-order valence-electron chi connectivity index (χ4n) is 3.31. The van der Waals surface area contributed by atoms with Crippen LogP contribution in [0.1, 0.15) is 30.0 Å². The second-order valence-electron chi connectivity index (χ2n) is 7.22. The van der Waals surface area contributed by atoms with E-state index >= 15 is 0 Å². The van der Waals surface area contributed by atoms with Gasteiger partial charge < -0.3 is 14.6 Å². The van der Waals surface area contributed by atoms with E-state index in [1.54, 1.807) is 6.92 Å². The lowest BCUT2D eigenvalue weighted by Gasteiger charge is -2.15. The van der Waals surface area contributed by atoms with E-state index in [1.807, 2.05) is 30.3 Å². The first-order chi connectivity index (χ1) is 13.5. The van der Waals surface area contributed by atoms with Crippen LogP contribution in [0.4, 0.5) is 0 Å². The summed E-state index contributed by atoms with van der Waals surface area (Å²) in [6.45, 7) is 7.05. The average Bonchev–Trinajstić information content (AvgIpc) is 2.67. The minimum Gasteiger partial charge on any atom is -0.493 e. The number of aryl methyl sites for hydroxylation is 2. The molecule has 0 spiro atoms. The van der Waals surface area contributed by atoms with Crippen molar-refractivity contribution in [3.05, 3.63) is 83.4 Å². The van der Waals surface area contributed by atoms with Crippen LogP contribution in [0.3, 0.4) is 0 Å². The van der Waals surface area contributed by atoms with E-state index in [2.05, 4.69) is 50.2 Å². The molecule has 0 unspecified atom stereocenters. The third-order valence-corrected chi connectivity index (χ3v) is 4.67. The summed E-state index contributed by atoms with van der Waals surface area (Å²) in [4.78, 5) is 0. The van der Waals surface area contributed by atoms with Crippen molar-refractivity contribution in [2.75, 3.05) is 6.61 Å². The van der Waals surface area contributed by atoms with E-state index in [1.165, 1.54) is 22.3 Å². The number of hydrogen-bond acceptors (Lipinski definition) is 3. The second-order valence-corrected chi connectivity index (χ2v) is 7.22. The molecule has 0 aliphatic rings. The monoisotopic (exact) mass is 376 g/mol. The summed E-state index contributed by atoms with van der Waals surface area (Å²) >= 11 is 0. The van der Waals surface area contributed by atoms with Crippen LogP contribution in [0.25, 0.3) is 11.1 Å². The lowest BCUT2D eigenvalue weighted by Crippen LogP contribution is -2.07. The lowest BCUT2D eigenvalue weighted by atomic mass is 9.94. The molecule has 0 fully saturated rings. The van der Waals surface area contributed by atoms with Crippen LogP contribution in [0.15, 0.2) is 66.7 Å². The first-order valence-corrected chi connectivity index (χ1v) is 9.72. The molecule has 0 aromatic heterocycles. The van der Waals surface area contributed by atoms with Gasteiger partial charge in [-0.2, -0.15) is 0 Å². The first-order valence-electron chi connectivity index (χ1n) is 9.72. The van der Waals surface area contributed by atoms with Crippen molar-refractivity contribution in [1.29, 1.82) is 0 Å². The van der Waals surface area contributed by atoms with Gasteiger partial charge >= 0.3 is 0 Å². The van der Waals surface area contributed by atoms with Crippen LogP contribution in [0.2, 0.25) is 0 Å². The van der Waals surface area contributed by atoms with Gasteiger partial charge in [-0.1, -0.05) is 36.4 Å². The number of ether oxygens (including phenoxy) is 2. The summed E-state index contributed by atoms with van der Waals surface area (Å²) in [5.74, 6) is 1.72. The van der Waals surface area contributed by atoms with Crippen LogP contribution >= 0.6 is 0 Å². The molecule has 0 saturated carbocycles. The Labute approximate surface area is 167 Å². The minimum absolute atomic E-state index is 0.345. The molecule has 28 heavy (non-hydrogen) atoms. The Morgan fingerprint density at radius 3 is 2.21 bits per heavy atom. The average molecular weight is 376 g/mol. The predicted molar refractivity (Wildman–Crippen MR) is 114 cm³/mol. The van der Waals surface area contributed by atoms with Gasteiger partial charge in [0, 0.05) is 6.42 Å². The molecule has 0 heterocycles. The van der Waals surface area contributed by atoms with Gasteiger partial charge in [-0.05, 0) is 78.9 Å². The highest BCUT2D eigenvalue weighted by Gasteiger charge is 2.10. The first kappa shape index (κ1) is 20.0. The summed E-state index contributed by atoms with van der Waals surface area (Å²) < 4.78 is 11.7. The van der Waals surface area contributed by atoms with Gasteiger partial charge in [0.05, 0.1) is 12.7 Å². The Bertz CT molecular complexity index is 878. The van der Waals surface area contributed by atoms with Crippen LogP contribution in [-0.2, 0) is 6.61 Å². The molecule has 0 saturated heterocycles. The molecule has 146 valence electrons. The van der Waals surface area contributed by atoms with Crippen molar-refractivity contribution in [1.82, 2.24) is 0 Å². The molecule has 3 heteroatoms. The molecule has 0 amide bonds. The van der Waals surface area contributed by atoms with Gasteiger partial charge in [-0.3, -0.25) is 0 Å². The van der Waals surface area contributed by atoms with Crippen molar-refractivity contribution < 1.29 is 14.6 Å². The zero-order valence-corrected chi connectivity index (χ0v) is 16.8. The van der Waals surface area contributed by atoms with E-state index < -0.39 is 0 Å². The van der Waals surface area contributed by atoms with Gasteiger partial charge in [0.1, 0.15) is 18.1 Å². The summed E-state index contributed by atoms with van der Waals surface area (Å²) in [6, 6.07) is 22.5. The number of aliphatic hydroxyl groups is 1. The Morgan fingerprint density at radius 2 is 1.54 bits per heavy atom. The van der Waals surface area contributed by atoms with E-state index in [-0.39, 0.29) is 6.10 Å². The summed E-state index contributed by atoms with van der Waals surface area (Å²) in [5.41, 5.74) is 5.89. The summed E-state index contributed by atoms with van der Waals surface area (Å²) in [7, 11) is 0. The SMILES string of the molecule is Cc1cc(OCC[C@@H](C)O)cc(C)c1-c1cccc(COc2ccccc2)c1. The highest BCUT2D eigenvalue weighted by Crippen LogP contribution is 2.31. The van der Waals surface area contributed by atoms with Crippen LogP contribution in [-0.4, -0.2) is 17.8 Å². The molecule has 1 atom stereocenters. The predicted octanol–water partition coefficient (Wildman–Crippen LogP) is 5.70. The van der Waals surface area contributed by atoms with Crippen LogP contribution in [0.5, 0.6) is 11.5 Å². The molecule has 1 N–H and O–H groups in total. The fraction of sp³-hybridized carbons (Fsp3) is 0.280. The van der Waals surface area contributed by atoms with Crippen molar-refractivity contribution >= 4 is 0 Å². The van der Waals surface area contributed by atoms with Gasteiger partial charge in [0.2, 0.25) is 0 Å². The zero-order valence-electron chi connectivity index (χ0n) is 16.8. The van der Waals surface area contributed by atoms with Crippen LogP contribution < -0.4 is 9.47 Å². The number of rotatable bonds is 8. The van der Waals surface area contributed by atoms with Crippen molar-refractivity contribution in [2.45, 2.75) is 39.9 Å². The molecular formula is C25H28O3. The molecule has 0 radical (unpaired) electrons. The van der Waals surface area contributed by atoms with Crippen molar-refractivity contribution in [3.63, 3.8) is 0 Å². The molecule has 3 nitrogen and oxygen atoms in total. The standard InChI is InChI=1S/C25H28O3/c1-18-14-24(27-13-12-20(3)26)15-19(2)25(18)22-9-7-8-21(16-22)17-28-23-10-5-4-6-11-23/h4-11,14-16,20,26H,12-13,17H2,1-3H3/t20-/m1/s1.